The minimum absolute atomic E-state index is 0.0546. The Bertz CT molecular complexity index is 1370. The summed E-state index contributed by atoms with van der Waals surface area (Å²) in [5, 5.41) is 22.8. The van der Waals surface area contributed by atoms with Gasteiger partial charge in [-0.05, 0) is 39.7 Å². The third-order valence-electron chi connectivity index (χ3n) is 4.59. The molecule has 0 saturated heterocycles. The second-order valence-corrected chi connectivity index (χ2v) is 8.62. The predicted molar refractivity (Wildman–Crippen MR) is 129 cm³/mol. The smallest absolute Gasteiger partial charge is 0.277 e. The number of aromatic nitrogens is 4. The molecule has 2 aromatic carbocycles. The lowest BCUT2D eigenvalue weighted by atomic mass is 10.2. The van der Waals surface area contributed by atoms with Gasteiger partial charge in [-0.15, -0.1) is 0 Å². The van der Waals surface area contributed by atoms with E-state index in [9.17, 15) is 14.9 Å². The van der Waals surface area contributed by atoms with Crippen LogP contribution >= 0.6 is 39.1 Å². The number of carbonyl (C=O) groups is 1. The summed E-state index contributed by atoms with van der Waals surface area (Å²) in [5.74, 6) is 0.123. The maximum Gasteiger partial charge on any atom is 0.277 e. The molecular formula is C21H15BrCl2N6O4. The van der Waals surface area contributed by atoms with Crippen molar-refractivity contribution < 1.29 is 14.5 Å². The number of nitrogens with zero attached hydrogens (tertiary/aromatic N) is 5. The number of non-ortho nitro benzene ring substituents is 1. The lowest BCUT2D eigenvalue weighted by molar-refractivity contribution is -0.384. The zero-order valence-corrected chi connectivity index (χ0v) is 20.3. The van der Waals surface area contributed by atoms with E-state index >= 15 is 0 Å². The van der Waals surface area contributed by atoms with Crippen LogP contribution in [0, 0.1) is 10.1 Å². The molecule has 0 aliphatic carbocycles. The van der Waals surface area contributed by atoms with Crippen molar-refractivity contribution in [2.75, 3.05) is 5.32 Å². The molecule has 1 N–H and O–H groups in total. The molecule has 0 fully saturated rings. The van der Waals surface area contributed by atoms with Gasteiger partial charge in [0, 0.05) is 29.5 Å². The molecule has 0 radical (unpaired) electrons. The van der Waals surface area contributed by atoms with Crippen molar-refractivity contribution in [3.63, 3.8) is 0 Å². The van der Waals surface area contributed by atoms with Crippen LogP contribution in [0.15, 0.2) is 65.4 Å². The molecule has 0 atom stereocenters. The van der Waals surface area contributed by atoms with Crippen LogP contribution in [-0.4, -0.2) is 30.4 Å². The van der Waals surface area contributed by atoms with Gasteiger partial charge in [0.2, 0.25) is 0 Å². The number of anilines is 1. The number of carbonyl (C=O) groups excluding carboxylic acids is 1. The van der Waals surface area contributed by atoms with E-state index in [4.69, 9.17) is 27.9 Å². The highest BCUT2D eigenvalue weighted by atomic mass is 79.9. The third kappa shape index (κ3) is 5.56. The van der Waals surface area contributed by atoms with Gasteiger partial charge in [0.15, 0.2) is 18.2 Å². The second kappa shape index (κ2) is 10.2. The van der Waals surface area contributed by atoms with Gasteiger partial charge in [0.1, 0.15) is 5.75 Å². The first-order valence-corrected chi connectivity index (χ1v) is 11.2. The Labute approximate surface area is 211 Å². The van der Waals surface area contributed by atoms with Crippen LogP contribution in [0.2, 0.25) is 10.0 Å². The maximum atomic E-state index is 12.6. The van der Waals surface area contributed by atoms with Crippen LogP contribution in [0.4, 0.5) is 11.5 Å². The van der Waals surface area contributed by atoms with Crippen molar-refractivity contribution in [2.24, 2.45) is 0 Å². The van der Waals surface area contributed by atoms with Crippen LogP contribution in [0.5, 0.6) is 5.75 Å². The van der Waals surface area contributed by atoms with Crippen molar-refractivity contribution in [3.05, 3.63) is 96.8 Å². The van der Waals surface area contributed by atoms with Gasteiger partial charge in [-0.2, -0.15) is 10.2 Å². The van der Waals surface area contributed by atoms with E-state index in [1.165, 1.54) is 28.9 Å². The summed E-state index contributed by atoms with van der Waals surface area (Å²) in [7, 11) is 0. The number of halogens is 3. The Morgan fingerprint density at radius 1 is 1.12 bits per heavy atom. The highest BCUT2D eigenvalue weighted by molar-refractivity contribution is 9.10. The van der Waals surface area contributed by atoms with E-state index in [0.717, 1.165) is 5.56 Å². The van der Waals surface area contributed by atoms with E-state index in [1.807, 2.05) is 18.2 Å². The quantitative estimate of drug-likeness (QED) is 0.226. The average Bonchev–Trinajstić information content (AvgIpc) is 3.41. The van der Waals surface area contributed by atoms with Gasteiger partial charge in [0.25, 0.3) is 11.6 Å². The summed E-state index contributed by atoms with van der Waals surface area (Å²) < 4.78 is 9.18. The standard InChI is InChI=1S/C21H15BrCl2N6O4/c22-15-11-29(10-13-3-1-2-4-16(13)23)27-20(15)25-21(31)18-7-8-28(26-18)12-34-19-6-5-14(30(32)33)9-17(19)24/h1-9,11H,10,12H2,(H,25,27,31). The molecule has 4 rings (SSSR count). The summed E-state index contributed by atoms with van der Waals surface area (Å²) in [4.78, 5) is 22.9. The van der Waals surface area contributed by atoms with Crippen LogP contribution in [0.3, 0.4) is 0 Å². The fraction of sp³-hybridized carbons (Fsp3) is 0.0952. The lowest BCUT2D eigenvalue weighted by Gasteiger charge is -2.07. The van der Waals surface area contributed by atoms with Crippen molar-refractivity contribution >= 4 is 56.5 Å². The molecule has 0 saturated carbocycles. The summed E-state index contributed by atoms with van der Waals surface area (Å²) in [6.07, 6.45) is 3.29. The molecule has 0 bridgehead atoms. The van der Waals surface area contributed by atoms with Crippen LogP contribution < -0.4 is 10.1 Å². The largest absolute Gasteiger partial charge is 0.470 e. The zero-order valence-electron chi connectivity index (χ0n) is 17.2. The van der Waals surface area contributed by atoms with E-state index in [-0.39, 0.29) is 28.9 Å². The highest BCUT2D eigenvalue weighted by Crippen LogP contribution is 2.29. The Kier molecular flexibility index (Phi) is 7.15. The summed E-state index contributed by atoms with van der Waals surface area (Å²) in [6, 6.07) is 12.8. The van der Waals surface area contributed by atoms with Gasteiger partial charge < -0.3 is 10.1 Å². The summed E-state index contributed by atoms with van der Waals surface area (Å²) in [6.45, 7) is 0.381. The first-order chi connectivity index (χ1) is 16.3. The molecule has 174 valence electrons. The van der Waals surface area contributed by atoms with Crippen LogP contribution in [0.25, 0.3) is 0 Å². The van der Waals surface area contributed by atoms with E-state index in [1.54, 1.807) is 23.1 Å². The Morgan fingerprint density at radius 3 is 2.65 bits per heavy atom. The fourth-order valence-corrected chi connectivity index (χ4v) is 3.79. The van der Waals surface area contributed by atoms with E-state index in [2.05, 4.69) is 31.4 Å². The van der Waals surface area contributed by atoms with Crippen LogP contribution in [-0.2, 0) is 13.3 Å². The van der Waals surface area contributed by atoms with Gasteiger partial charge in [-0.3, -0.25) is 19.6 Å². The van der Waals surface area contributed by atoms with Gasteiger partial charge in [0.05, 0.1) is 21.0 Å². The molecule has 0 aliphatic heterocycles. The van der Waals surface area contributed by atoms with E-state index in [0.29, 0.717) is 21.9 Å². The molecule has 10 nitrogen and oxygen atoms in total. The number of nitrogens with one attached hydrogen (secondary N) is 1. The number of rotatable bonds is 8. The Morgan fingerprint density at radius 2 is 1.91 bits per heavy atom. The molecule has 1 amide bonds. The Hall–Kier alpha value is -3.41. The summed E-state index contributed by atoms with van der Waals surface area (Å²) >= 11 is 15.6. The summed E-state index contributed by atoms with van der Waals surface area (Å²) in [5.41, 5.74) is 0.894. The molecule has 0 spiro atoms. The topological polar surface area (TPSA) is 117 Å². The normalized spacial score (nSPS) is 10.8. The molecule has 0 unspecified atom stereocenters. The van der Waals surface area contributed by atoms with Gasteiger partial charge in [-0.25, -0.2) is 4.68 Å². The maximum absolute atomic E-state index is 12.6. The molecule has 4 aromatic rings. The number of ether oxygens (including phenoxy) is 1. The van der Waals surface area contributed by atoms with Crippen molar-refractivity contribution in [1.82, 2.24) is 19.6 Å². The molecule has 2 heterocycles. The highest BCUT2D eigenvalue weighted by Gasteiger charge is 2.16. The van der Waals surface area contributed by atoms with Crippen molar-refractivity contribution in [3.8, 4) is 5.75 Å². The third-order valence-corrected chi connectivity index (χ3v) is 5.84. The van der Waals surface area contributed by atoms with Crippen molar-refractivity contribution in [2.45, 2.75) is 13.3 Å². The van der Waals surface area contributed by atoms with Gasteiger partial charge >= 0.3 is 0 Å². The predicted octanol–water partition coefficient (Wildman–Crippen LogP) is 5.39. The number of benzene rings is 2. The number of hydrogen-bond donors (Lipinski definition) is 1. The zero-order chi connectivity index (χ0) is 24.2. The monoisotopic (exact) mass is 564 g/mol. The minimum Gasteiger partial charge on any atom is -0.470 e. The number of nitro benzene ring substituents is 1. The first-order valence-electron chi connectivity index (χ1n) is 9.68. The minimum atomic E-state index is -0.549. The molecule has 13 heteroatoms. The number of nitro groups is 1. The molecule has 0 aliphatic rings. The molecule has 34 heavy (non-hydrogen) atoms. The SMILES string of the molecule is O=C(Nc1nn(Cc2ccccc2Cl)cc1Br)c1ccn(COc2ccc([N+](=O)[O-])cc2Cl)n1. The molecular weight excluding hydrogens is 551 g/mol. The number of amides is 1. The second-order valence-electron chi connectivity index (χ2n) is 6.95. The average molecular weight is 566 g/mol. The lowest BCUT2D eigenvalue weighted by Crippen LogP contribution is -2.15. The number of hydrogen-bond acceptors (Lipinski definition) is 6. The van der Waals surface area contributed by atoms with Crippen molar-refractivity contribution in [1.29, 1.82) is 0 Å². The van der Waals surface area contributed by atoms with E-state index < -0.39 is 10.8 Å². The van der Waals surface area contributed by atoms with Gasteiger partial charge in [-0.1, -0.05) is 41.4 Å². The van der Waals surface area contributed by atoms with Crippen LogP contribution in [0.1, 0.15) is 16.1 Å². The Balaban J connectivity index is 1.38. The fourth-order valence-electron chi connectivity index (χ4n) is 2.95. The first kappa shape index (κ1) is 23.7. The molecule has 2 aromatic heterocycles.